The predicted molar refractivity (Wildman–Crippen MR) is 53.4 cm³/mol. The van der Waals surface area contributed by atoms with Crippen LogP contribution in [0.3, 0.4) is 0 Å². The Balaban J connectivity index is 3.62. The molecule has 0 radical (unpaired) electrons. The van der Waals surface area contributed by atoms with Crippen molar-refractivity contribution in [2.45, 2.75) is 40.0 Å². The molecule has 0 unspecified atom stereocenters. The van der Waals surface area contributed by atoms with Crippen LogP contribution in [0.1, 0.15) is 40.0 Å². The molecule has 0 aliphatic rings. The van der Waals surface area contributed by atoms with Gasteiger partial charge in [-0.05, 0) is 20.3 Å². The minimum absolute atomic E-state index is 0.0638. The molecular weight excluding hydrogens is 166 g/mol. The first kappa shape index (κ1) is 12.4. The molecule has 0 aromatic rings. The van der Waals surface area contributed by atoms with Gasteiger partial charge in [-0.3, -0.25) is 4.79 Å². The van der Waals surface area contributed by atoms with Gasteiger partial charge >= 0.3 is 0 Å². The zero-order valence-corrected chi connectivity index (χ0v) is 8.89. The lowest BCUT2D eigenvalue weighted by Gasteiger charge is -2.20. The summed E-state index contributed by atoms with van der Waals surface area (Å²) in [6.07, 6.45) is 3.31. The SMILES string of the molecule is CCCCCNC(=O)C(C)(C)CO. The summed E-state index contributed by atoms with van der Waals surface area (Å²) in [5.41, 5.74) is -0.647. The minimum atomic E-state index is -0.647. The summed E-state index contributed by atoms with van der Waals surface area (Å²) in [4.78, 5) is 11.4. The van der Waals surface area contributed by atoms with Crippen molar-refractivity contribution < 1.29 is 9.90 Å². The molecule has 3 heteroatoms. The molecule has 0 bridgehead atoms. The van der Waals surface area contributed by atoms with Crippen LogP contribution in [0.15, 0.2) is 0 Å². The van der Waals surface area contributed by atoms with Gasteiger partial charge in [-0.15, -0.1) is 0 Å². The number of amides is 1. The first-order valence-electron chi connectivity index (χ1n) is 4.93. The highest BCUT2D eigenvalue weighted by Gasteiger charge is 2.25. The van der Waals surface area contributed by atoms with Crippen LogP contribution in [0.25, 0.3) is 0 Å². The second-order valence-electron chi connectivity index (χ2n) is 4.01. The van der Waals surface area contributed by atoms with Crippen molar-refractivity contribution in [2.24, 2.45) is 5.41 Å². The molecule has 3 nitrogen and oxygen atoms in total. The lowest BCUT2D eigenvalue weighted by atomic mass is 9.94. The van der Waals surface area contributed by atoms with Crippen LogP contribution in [0, 0.1) is 5.41 Å². The normalized spacial score (nSPS) is 11.4. The standard InChI is InChI=1S/C10H21NO2/c1-4-5-6-7-11-9(13)10(2,3)8-12/h12H,4-8H2,1-3H3,(H,11,13). The summed E-state index contributed by atoms with van der Waals surface area (Å²) < 4.78 is 0. The third kappa shape index (κ3) is 4.88. The maximum absolute atomic E-state index is 11.4. The summed E-state index contributed by atoms with van der Waals surface area (Å²) >= 11 is 0. The van der Waals surface area contributed by atoms with E-state index in [1.54, 1.807) is 13.8 Å². The number of carbonyl (C=O) groups excluding carboxylic acids is 1. The van der Waals surface area contributed by atoms with Crippen LogP contribution in [0.2, 0.25) is 0 Å². The molecule has 0 rings (SSSR count). The third-order valence-corrected chi connectivity index (χ3v) is 2.08. The third-order valence-electron chi connectivity index (χ3n) is 2.08. The molecule has 0 spiro atoms. The maximum Gasteiger partial charge on any atom is 0.227 e. The van der Waals surface area contributed by atoms with Crippen LogP contribution in [0.4, 0.5) is 0 Å². The van der Waals surface area contributed by atoms with Crippen molar-refractivity contribution in [2.75, 3.05) is 13.2 Å². The summed E-state index contributed by atoms with van der Waals surface area (Å²) in [5.74, 6) is -0.0638. The van der Waals surface area contributed by atoms with Crippen molar-refractivity contribution >= 4 is 5.91 Å². The number of unbranched alkanes of at least 4 members (excludes halogenated alkanes) is 2. The number of aliphatic hydroxyl groups is 1. The van der Waals surface area contributed by atoms with E-state index in [1.165, 1.54) is 0 Å². The van der Waals surface area contributed by atoms with Crippen LogP contribution >= 0.6 is 0 Å². The van der Waals surface area contributed by atoms with Crippen molar-refractivity contribution in [3.63, 3.8) is 0 Å². The zero-order valence-electron chi connectivity index (χ0n) is 8.89. The largest absolute Gasteiger partial charge is 0.395 e. The maximum atomic E-state index is 11.4. The number of rotatable bonds is 6. The molecule has 0 fully saturated rings. The Morgan fingerprint density at radius 1 is 1.38 bits per heavy atom. The van der Waals surface area contributed by atoms with E-state index in [9.17, 15) is 4.79 Å². The Hall–Kier alpha value is -0.570. The second-order valence-corrected chi connectivity index (χ2v) is 4.01. The van der Waals surface area contributed by atoms with Gasteiger partial charge in [0.05, 0.1) is 12.0 Å². The molecule has 0 aliphatic heterocycles. The lowest BCUT2D eigenvalue weighted by molar-refractivity contribution is -0.131. The van der Waals surface area contributed by atoms with Gasteiger partial charge in [-0.2, -0.15) is 0 Å². The molecule has 13 heavy (non-hydrogen) atoms. The average Bonchev–Trinajstić information content (AvgIpc) is 2.12. The van der Waals surface area contributed by atoms with Crippen LogP contribution in [-0.4, -0.2) is 24.2 Å². The minimum Gasteiger partial charge on any atom is -0.395 e. The van der Waals surface area contributed by atoms with Gasteiger partial charge in [0.15, 0.2) is 0 Å². The highest BCUT2D eigenvalue weighted by atomic mass is 16.3. The highest BCUT2D eigenvalue weighted by molar-refractivity contribution is 5.81. The summed E-state index contributed by atoms with van der Waals surface area (Å²) in [6, 6.07) is 0. The van der Waals surface area contributed by atoms with E-state index < -0.39 is 5.41 Å². The Morgan fingerprint density at radius 3 is 2.46 bits per heavy atom. The van der Waals surface area contributed by atoms with E-state index in [2.05, 4.69) is 12.2 Å². The van der Waals surface area contributed by atoms with Gasteiger partial charge in [0, 0.05) is 6.54 Å². The average molecular weight is 187 g/mol. The topological polar surface area (TPSA) is 49.3 Å². The number of nitrogens with one attached hydrogen (secondary N) is 1. The van der Waals surface area contributed by atoms with Crippen molar-refractivity contribution in [1.82, 2.24) is 5.32 Å². The van der Waals surface area contributed by atoms with Crippen LogP contribution < -0.4 is 5.32 Å². The quantitative estimate of drug-likeness (QED) is 0.616. The molecule has 0 aromatic carbocycles. The van der Waals surface area contributed by atoms with E-state index in [-0.39, 0.29) is 12.5 Å². The number of hydrogen-bond donors (Lipinski definition) is 2. The van der Waals surface area contributed by atoms with E-state index in [4.69, 9.17) is 5.11 Å². The fraction of sp³-hybridized carbons (Fsp3) is 0.900. The summed E-state index contributed by atoms with van der Waals surface area (Å²) in [5, 5.41) is 11.7. The first-order chi connectivity index (χ1) is 6.04. The van der Waals surface area contributed by atoms with Gasteiger partial charge in [-0.25, -0.2) is 0 Å². The smallest absolute Gasteiger partial charge is 0.227 e. The molecule has 78 valence electrons. The fourth-order valence-electron chi connectivity index (χ4n) is 0.888. The van der Waals surface area contributed by atoms with Crippen molar-refractivity contribution in [3.05, 3.63) is 0 Å². The fourth-order valence-corrected chi connectivity index (χ4v) is 0.888. The van der Waals surface area contributed by atoms with E-state index in [0.717, 1.165) is 25.8 Å². The zero-order chi connectivity index (χ0) is 10.3. The monoisotopic (exact) mass is 187 g/mol. The number of carbonyl (C=O) groups is 1. The number of hydrogen-bond acceptors (Lipinski definition) is 2. The van der Waals surface area contributed by atoms with Crippen molar-refractivity contribution in [3.8, 4) is 0 Å². The van der Waals surface area contributed by atoms with E-state index >= 15 is 0 Å². The molecule has 0 saturated carbocycles. The van der Waals surface area contributed by atoms with Crippen LogP contribution in [0.5, 0.6) is 0 Å². The summed E-state index contributed by atoms with van der Waals surface area (Å²) in [6.45, 7) is 6.21. The Bertz CT molecular complexity index is 155. The lowest BCUT2D eigenvalue weighted by Crippen LogP contribution is -2.39. The van der Waals surface area contributed by atoms with Gasteiger partial charge in [0.25, 0.3) is 0 Å². The summed E-state index contributed by atoms with van der Waals surface area (Å²) in [7, 11) is 0. The van der Waals surface area contributed by atoms with Gasteiger partial charge in [0.1, 0.15) is 0 Å². The van der Waals surface area contributed by atoms with Gasteiger partial charge < -0.3 is 10.4 Å². The Kier molecular flexibility index (Phi) is 5.71. The van der Waals surface area contributed by atoms with Gasteiger partial charge in [0.2, 0.25) is 5.91 Å². The highest BCUT2D eigenvalue weighted by Crippen LogP contribution is 2.12. The molecule has 0 aromatic heterocycles. The molecule has 0 saturated heterocycles. The number of aliphatic hydroxyl groups excluding tert-OH is 1. The van der Waals surface area contributed by atoms with E-state index in [0.29, 0.717) is 0 Å². The molecule has 0 aliphatic carbocycles. The molecule has 0 heterocycles. The predicted octanol–water partition coefficient (Wildman–Crippen LogP) is 1.31. The molecule has 1 amide bonds. The van der Waals surface area contributed by atoms with Crippen molar-refractivity contribution in [1.29, 1.82) is 0 Å². The molecular formula is C10H21NO2. The molecule has 2 N–H and O–H groups in total. The molecule has 0 atom stereocenters. The Labute approximate surface area is 80.5 Å². The van der Waals surface area contributed by atoms with E-state index in [1.807, 2.05) is 0 Å². The van der Waals surface area contributed by atoms with Crippen LogP contribution in [-0.2, 0) is 4.79 Å². The second kappa shape index (κ2) is 5.97. The van der Waals surface area contributed by atoms with Gasteiger partial charge in [-0.1, -0.05) is 19.8 Å². The Morgan fingerprint density at radius 2 is 2.00 bits per heavy atom. The first-order valence-corrected chi connectivity index (χ1v) is 4.93.